The minimum absolute atomic E-state index is 0.0816. The predicted molar refractivity (Wildman–Crippen MR) is 86.4 cm³/mol. The van der Waals surface area contributed by atoms with Gasteiger partial charge in [-0.25, -0.2) is 4.79 Å². The van der Waals surface area contributed by atoms with Crippen molar-refractivity contribution in [1.82, 2.24) is 10.2 Å². The summed E-state index contributed by atoms with van der Waals surface area (Å²) in [7, 11) is 0. The molecule has 0 aliphatic rings. The van der Waals surface area contributed by atoms with Gasteiger partial charge in [-0.15, -0.1) is 0 Å². The Bertz CT molecular complexity index is 440. The van der Waals surface area contributed by atoms with Gasteiger partial charge in [-0.1, -0.05) is 43.6 Å². The monoisotopic (exact) mass is 312 g/mol. The molecule has 1 rings (SSSR count). The van der Waals surface area contributed by atoms with Crippen LogP contribution in [0.1, 0.15) is 32.3 Å². The van der Waals surface area contributed by atoms with Gasteiger partial charge in [0.25, 0.3) is 0 Å². The minimum atomic E-state index is -0.0816. The van der Waals surface area contributed by atoms with Crippen LogP contribution in [0.3, 0.4) is 0 Å². The van der Waals surface area contributed by atoms with Crippen molar-refractivity contribution >= 4 is 17.6 Å². The van der Waals surface area contributed by atoms with Gasteiger partial charge < -0.3 is 15.3 Å². The molecular formula is C16H25ClN2O2. The number of hydrogen-bond acceptors (Lipinski definition) is 2. The van der Waals surface area contributed by atoms with Crippen molar-refractivity contribution in [1.29, 1.82) is 0 Å². The number of rotatable bonds is 8. The van der Waals surface area contributed by atoms with Crippen molar-refractivity contribution in [3.8, 4) is 0 Å². The first-order valence-electron chi connectivity index (χ1n) is 7.45. The van der Waals surface area contributed by atoms with Crippen LogP contribution < -0.4 is 5.32 Å². The third kappa shape index (κ3) is 6.36. The van der Waals surface area contributed by atoms with E-state index in [1.165, 1.54) is 0 Å². The number of benzene rings is 1. The largest absolute Gasteiger partial charge is 0.396 e. The summed E-state index contributed by atoms with van der Waals surface area (Å²) in [5.74, 6) is 0.202. The summed E-state index contributed by atoms with van der Waals surface area (Å²) >= 11 is 6.15. The molecule has 0 fully saturated rings. The highest BCUT2D eigenvalue weighted by Gasteiger charge is 2.14. The molecule has 0 aliphatic carbocycles. The van der Waals surface area contributed by atoms with E-state index in [1.54, 1.807) is 4.90 Å². The second-order valence-electron chi connectivity index (χ2n) is 5.32. The molecule has 0 aliphatic heterocycles. The molecule has 1 atom stereocenters. The van der Waals surface area contributed by atoms with Gasteiger partial charge in [-0.3, -0.25) is 0 Å². The predicted octanol–water partition coefficient (Wildman–Crippen LogP) is 3.28. The lowest BCUT2D eigenvalue weighted by Gasteiger charge is -2.23. The fourth-order valence-corrected chi connectivity index (χ4v) is 2.18. The fraction of sp³-hybridized carbons (Fsp3) is 0.562. The molecule has 0 aromatic heterocycles. The third-order valence-electron chi connectivity index (χ3n) is 3.32. The average Bonchev–Trinajstić information content (AvgIpc) is 2.48. The Hall–Kier alpha value is -1.26. The molecule has 2 N–H and O–H groups in total. The fourth-order valence-electron chi connectivity index (χ4n) is 1.98. The quantitative estimate of drug-likeness (QED) is 0.774. The van der Waals surface area contributed by atoms with Crippen LogP contribution in [0.5, 0.6) is 0 Å². The van der Waals surface area contributed by atoms with Crippen molar-refractivity contribution in [2.45, 2.75) is 33.2 Å². The van der Waals surface area contributed by atoms with Crippen molar-refractivity contribution in [2.75, 3.05) is 19.7 Å². The number of nitrogens with zero attached hydrogens (tertiary/aromatic N) is 1. The maximum Gasteiger partial charge on any atom is 0.317 e. The van der Waals surface area contributed by atoms with Gasteiger partial charge in [0.2, 0.25) is 0 Å². The molecule has 5 heteroatoms. The van der Waals surface area contributed by atoms with E-state index in [1.807, 2.05) is 38.1 Å². The van der Waals surface area contributed by atoms with Crippen molar-refractivity contribution in [2.24, 2.45) is 5.92 Å². The number of nitrogens with one attached hydrogen (secondary N) is 1. The molecule has 4 nitrogen and oxygen atoms in total. The van der Waals surface area contributed by atoms with Crippen LogP contribution in [0.4, 0.5) is 4.79 Å². The number of hydrogen-bond donors (Lipinski definition) is 2. The maximum atomic E-state index is 12.2. The first kappa shape index (κ1) is 17.8. The molecule has 0 radical (unpaired) electrons. The van der Waals surface area contributed by atoms with E-state index in [2.05, 4.69) is 5.32 Å². The lowest BCUT2D eigenvalue weighted by Crippen LogP contribution is -2.40. The normalized spacial score (nSPS) is 12.0. The molecule has 0 saturated heterocycles. The maximum absolute atomic E-state index is 12.2. The smallest absolute Gasteiger partial charge is 0.317 e. The summed E-state index contributed by atoms with van der Waals surface area (Å²) in [5, 5.41) is 12.6. The second-order valence-corrected chi connectivity index (χ2v) is 5.73. The van der Waals surface area contributed by atoms with Crippen LogP contribution in [0.2, 0.25) is 5.02 Å². The van der Waals surface area contributed by atoms with E-state index in [0.29, 0.717) is 24.7 Å². The number of amides is 2. The first-order chi connectivity index (χ1) is 10.1. The number of carbonyl (C=O) groups is 1. The summed E-state index contributed by atoms with van der Waals surface area (Å²) in [6.07, 6.45) is 1.67. The molecule has 0 spiro atoms. The van der Waals surface area contributed by atoms with Crippen molar-refractivity contribution < 1.29 is 9.90 Å². The van der Waals surface area contributed by atoms with E-state index >= 15 is 0 Å². The molecule has 1 aromatic rings. The summed E-state index contributed by atoms with van der Waals surface area (Å²) in [4.78, 5) is 14.0. The Morgan fingerprint density at radius 3 is 2.76 bits per heavy atom. The minimum Gasteiger partial charge on any atom is -0.396 e. The summed E-state index contributed by atoms with van der Waals surface area (Å²) in [6.45, 7) is 5.92. The SMILES string of the molecule is CCCN(Cc1ccccc1Cl)C(=O)NCC[C@H](C)CO. The highest BCUT2D eigenvalue weighted by atomic mass is 35.5. The Labute approximate surface area is 132 Å². The van der Waals surface area contributed by atoms with Gasteiger partial charge >= 0.3 is 6.03 Å². The Balaban J connectivity index is 2.56. The molecule has 2 amide bonds. The van der Waals surface area contributed by atoms with E-state index < -0.39 is 0 Å². The second kappa shape index (κ2) is 9.64. The molecule has 0 unspecified atom stereocenters. The van der Waals surface area contributed by atoms with Gasteiger partial charge in [0.1, 0.15) is 0 Å². The number of aliphatic hydroxyl groups excluding tert-OH is 1. The highest BCUT2D eigenvalue weighted by Crippen LogP contribution is 2.17. The summed E-state index contributed by atoms with van der Waals surface area (Å²) in [5.41, 5.74) is 0.950. The lowest BCUT2D eigenvalue weighted by molar-refractivity contribution is 0.191. The Kier molecular flexibility index (Phi) is 8.16. The summed E-state index contributed by atoms with van der Waals surface area (Å²) < 4.78 is 0. The molecule has 0 bridgehead atoms. The Morgan fingerprint density at radius 1 is 1.43 bits per heavy atom. The first-order valence-corrected chi connectivity index (χ1v) is 7.83. The van der Waals surface area contributed by atoms with Crippen LogP contribution in [-0.4, -0.2) is 35.7 Å². The van der Waals surface area contributed by atoms with Crippen LogP contribution in [0, 0.1) is 5.92 Å². The van der Waals surface area contributed by atoms with Gasteiger partial charge in [0.15, 0.2) is 0 Å². The third-order valence-corrected chi connectivity index (χ3v) is 3.69. The van der Waals surface area contributed by atoms with Crippen molar-refractivity contribution in [3.05, 3.63) is 34.9 Å². The zero-order valence-electron chi connectivity index (χ0n) is 12.8. The van der Waals surface area contributed by atoms with Gasteiger partial charge in [0, 0.05) is 31.3 Å². The van der Waals surface area contributed by atoms with Crippen LogP contribution in [-0.2, 0) is 6.54 Å². The van der Waals surface area contributed by atoms with E-state index in [0.717, 1.165) is 18.4 Å². The standard InChI is InChI=1S/C16H25ClN2O2/c1-3-10-19(11-14-6-4-5-7-15(14)17)16(21)18-9-8-13(2)12-20/h4-7,13,20H,3,8-12H2,1-2H3,(H,18,21)/t13-/m0/s1. The highest BCUT2D eigenvalue weighted by molar-refractivity contribution is 6.31. The average molecular weight is 313 g/mol. The molecule has 21 heavy (non-hydrogen) atoms. The van der Waals surface area contributed by atoms with Crippen LogP contribution in [0.15, 0.2) is 24.3 Å². The van der Waals surface area contributed by atoms with E-state index in [4.69, 9.17) is 16.7 Å². The molecule has 0 saturated carbocycles. The number of aliphatic hydroxyl groups is 1. The molecule has 1 aromatic carbocycles. The lowest BCUT2D eigenvalue weighted by atomic mass is 10.1. The van der Waals surface area contributed by atoms with Crippen LogP contribution in [0.25, 0.3) is 0 Å². The van der Waals surface area contributed by atoms with Gasteiger partial charge in [0.05, 0.1) is 0 Å². The van der Waals surface area contributed by atoms with Gasteiger partial charge in [-0.05, 0) is 30.4 Å². The zero-order chi connectivity index (χ0) is 15.7. The number of halogens is 1. The summed E-state index contributed by atoms with van der Waals surface area (Å²) in [6, 6.07) is 7.49. The topological polar surface area (TPSA) is 52.6 Å². The van der Waals surface area contributed by atoms with E-state index in [9.17, 15) is 4.79 Å². The molecule has 118 valence electrons. The van der Waals surface area contributed by atoms with Crippen LogP contribution >= 0.6 is 11.6 Å². The van der Waals surface area contributed by atoms with Gasteiger partial charge in [-0.2, -0.15) is 0 Å². The number of carbonyl (C=O) groups excluding carboxylic acids is 1. The Morgan fingerprint density at radius 2 is 2.14 bits per heavy atom. The van der Waals surface area contributed by atoms with E-state index in [-0.39, 0.29) is 18.6 Å². The van der Waals surface area contributed by atoms with Crippen molar-refractivity contribution in [3.63, 3.8) is 0 Å². The number of urea groups is 1. The molecule has 0 heterocycles. The molecular weight excluding hydrogens is 288 g/mol. The zero-order valence-corrected chi connectivity index (χ0v) is 13.6.